The molecule has 1 aromatic heterocycles. The minimum Gasteiger partial charge on any atom is -0.346 e. The zero-order chi connectivity index (χ0) is 11.8. The van der Waals surface area contributed by atoms with E-state index < -0.39 is 0 Å². The fourth-order valence-electron chi connectivity index (χ4n) is 1.53. The normalized spacial score (nSPS) is 16.9. The molecule has 0 bridgehead atoms. The number of aryl methyl sites for hydroxylation is 2. The van der Waals surface area contributed by atoms with Crippen molar-refractivity contribution in [2.45, 2.75) is 32.2 Å². The van der Waals surface area contributed by atoms with Crippen LogP contribution in [0.5, 0.6) is 0 Å². The summed E-state index contributed by atoms with van der Waals surface area (Å²) in [6.07, 6.45) is 2.08. The van der Waals surface area contributed by atoms with Crippen LogP contribution in [0.2, 0.25) is 0 Å². The van der Waals surface area contributed by atoms with Crippen molar-refractivity contribution in [3.05, 3.63) is 23.0 Å². The summed E-state index contributed by atoms with van der Waals surface area (Å²) < 4.78 is 0. The molecule has 1 saturated carbocycles. The molecule has 1 N–H and O–H groups in total. The Morgan fingerprint density at radius 2 is 2.19 bits per heavy atom. The zero-order valence-corrected chi connectivity index (χ0v) is 11.0. The first-order chi connectivity index (χ1) is 7.56. The van der Waals surface area contributed by atoms with E-state index in [0.717, 1.165) is 23.9 Å². The van der Waals surface area contributed by atoms with Gasteiger partial charge in [0.25, 0.3) is 5.91 Å². The fourth-order valence-corrected chi connectivity index (χ4v) is 2.23. The predicted molar refractivity (Wildman–Crippen MR) is 64.7 cm³/mol. The van der Waals surface area contributed by atoms with Crippen LogP contribution in [-0.4, -0.2) is 27.0 Å². The van der Waals surface area contributed by atoms with Gasteiger partial charge in [0.05, 0.1) is 22.5 Å². The molecule has 0 aromatic carbocycles. The molecule has 4 nitrogen and oxygen atoms in total. The molecule has 16 heavy (non-hydrogen) atoms. The van der Waals surface area contributed by atoms with Crippen molar-refractivity contribution in [2.24, 2.45) is 0 Å². The number of aromatic nitrogens is 2. The SMILES string of the molecule is Cc1cc(C(=O)NC2(CBr)CC2)c(C)nn1. The lowest BCUT2D eigenvalue weighted by Gasteiger charge is -2.14. The van der Waals surface area contributed by atoms with Crippen molar-refractivity contribution in [2.75, 3.05) is 5.33 Å². The highest BCUT2D eigenvalue weighted by Crippen LogP contribution is 2.37. The van der Waals surface area contributed by atoms with Crippen molar-refractivity contribution in [3.8, 4) is 0 Å². The van der Waals surface area contributed by atoms with Crippen LogP contribution in [0.1, 0.15) is 34.6 Å². The second-order valence-electron chi connectivity index (χ2n) is 4.35. The Hall–Kier alpha value is -0.970. The number of hydrogen-bond donors (Lipinski definition) is 1. The first kappa shape index (κ1) is 11.5. The van der Waals surface area contributed by atoms with Crippen LogP contribution in [0.4, 0.5) is 0 Å². The summed E-state index contributed by atoms with van der Waals surface area (Å²) in [6, 6.07) is 1.78. The van der Waals surface area contributed by atoms with E-state index in [0.29, 0.717) is 11.3 Å². The van der Waals surface area contributed by atoms with Crippen LogP contribution in [0, 0.1) is 13.8 Å². The first-order valence-corrected chi connectivity index (χ1v) is 6.38. The highest BCUT2D eigenvalue weighted by molar-refractivity contribution is 9.09. The summed E-state index contributed by atoms with van der Waals surface area (Å²) >= 11 is 3.42. The third-order valence-electron chi connectivity index (χ3n) is 2.83. The Balaban J connectivity index is 2.17. The van der Waals surface area contributed by atoms with Gasteiger partial charge in [-0.1, -0.05) is 15.9 Å². The molecule has 1 amide bonds. The van der Waals surface area contributed by atoms with E-state index in [-0.39, 0.29) is 11.4 Å². The molecule has 1 aromatic rings. The monoisotopic (exact) mass is 283 g/mol. The van der Waals surface area contributed by atoms with E-state index in [2.05, 4.69) is 31.4 Å². The standard InChI is InChI=1S/C11H14BrN3O/c1-7-5-9(8(2)15-14-7)10(16)13-11(6-12)3-4-11/h5H,3-4,6H2,1-2H3,(H,13,16). The summed E-state index contributed by atoms with van der Waals surface area (Å²) in [5, 5.41) is 11.7. The summed E-state index contributed by atoms with van der Waals surface area (Å²) in [5.41, 5.74) is 2.04. The van der Waals surface area contributed by atoms with Gasteiger partial charge in [-0.05, 0) is 32.8 Å². The lowest BCUT2D eigenvalue weighted by atomic mass is 10.1. The Kier molecular flexibility index (Phi) is 2.97. The van der Waals surface area contributed by atoms with Crippen LogP contribution in [0.15, 0.2) is 6.07 Å². The van der Waals surface area contributed by atoms with E-state index in [4.69, 9.17) is 0 Å². The smallest absolute Gasteiger partial charge is 0.253 e. The number of hydrogen-bond acceptors (Lipinski definition) is 3. The van der Waals surface area contributed by atoms with Crippen molar-refractivity contribution in [1.82, 2.24) is 15.5 Å². The molecule has 0 atom stereocenters. The number of carbonyl (C=O) groups is 1. The van der Waals surface area contributed by atoms with Crippen LogP contribution in [0.25, 0.3) is 0 Å². The number of carbonyl (C=O) groups excluding carboxylic acids is 1. The quantitative estimate of drug-likeness (QED) is 0.860. The molecule has 86 valence electrons. The number of nitrogens with one attached hydrogen (secondary N) is 1. The molecule has 1 heterocycles. The van der Waals surface area contributed by atoms with Gasteiger partial charge in [-0.3, -0.25) is 4.79 Å². The molecule has 1 aliphatic rings. The van der Waals surface area contributed by atoms with Gasteiger partial charge in [0.1, 0.15) is 0 Å². The summed E-state index contributed by atoms with van der Waals surface area (Å²) in [5.74, 6) is -0.0487. The average molecular weight is 284 g/mol. The number of rotatable bonds is 3. The minimum absolute atomic E-state index is 0.0271. The Labute approximate surface area is 103 Å². The molecule has 1 aliphatic carbocycles. The number of alkyl halides is 1. The molecule has 2 rings (SSSR count). The van der Waals surface area contributed by atoms with E-state index in [1.165, 1.54) is 0 Å². The topological polar surface area (TPSA) is 54.9 Å². The number of halogens is 1. The molecule has 0 aliphatic heterocycles. The van der Waals surface area contributed by atoms with Gasteiger partial charge in [0.2, 0.25) is 0 Å². The maximum absolute atomic E-state index is 12.0. The summed E-state index contributed by atoms with van der Waals surface area (Å²) in [4.78, 5) is 12.0. The van der Waals surface area contributed by atoms with E-state index in [1.807, 2.05) is 6.92 Å². The molecule has 0 spiro atoms. The second kappa shape index (κ2) is 4.13. The predicted octanol–water partition coefficient (Wildman–Crippen LogP) is 1.75. The molecule has 1 fully saturated rings. The zero-order valence-electron chi connectivity index (χ0n) is 9.38. The molecule has 0 saturated heterocycles. The van der Waals surface area contributed by atoms with E-state index in [1.54, 1.807) is 13.0 Å². The molecule has 5 heteroatoms. The molecular formula is C11H14BrN3O. The maximum atomic E-state index is 12.0. The highest BCUT2D eigenvalue weighted by atomic mass is 79.9. The Morgan fingerprint density at radius 3 is 2.75 bits per heavy atom. The van der Waals surface area contributed by atoms with Crippen molar-refractivity contribution >= 4 is 21.8 Å². The van der Waals surface area contributed by atoms with Gasteiger partial charge in [-0.15, -0.1) is 0 Å². The van der Waals surface area contributed by atoms with Crippen LogP contribution >= 0.6 is 15.9 Å². The number of nitrogens with zero attached hydrogens (tertiary/aromatic N) is 2. The van der Waals surface area contributed by atoms with Gasteiger partial charge in [-0.2, -0.15) is 10.2 Å². The highest BCUT2D eigenvalue weighted by Gasteiger charge is 2.43. The van der Waals surface area contributed by atoms with Gasteiger partial charge in [0, 0.05) is 5.33 Å². The molecule has 0 radical (unpaired) electrons. The van der Waals surface area contributed by atoms with Gasteiger partial charge >= 0.3 is 0 Å². The Morgan fingerprint density at radius 1 is 1.50 bits per heavy atom. The van der Waals surface area contributed by atoms with Crippen molar-refractivity contribution in [1.29, 1.82) is 0 Å². The van der Waals surface area contributed by atoms with Crippen LogP contribution in [0.3, 0.4) is 0 Å². The summed E-state index contributed by atoms with van der Waals surface area (Å²) in [6.45, 7) is 3.63. The second-order valence-corrected chi connectivity index (χ2v) is 4.91. The minimum atomic E-state index is -0.0487. The summed E-state index contributed by atoms with van der Waals surface area (Å²) in [7, 11) is 0. The molecular weight excluding hydrogens is 270 g/mol. The Bertz CT molecular complexity index is 429. The molecule has 0 unspecified atom stereocenters. The van der Waals surface area contributed by atoms with Crippen LogP contribution in [-0.2, 0) is 0 Å². The van der Waals surface area contributed by atoms with Crippen molar-refractivity contribution < 1.29 is 4.79 Å². The fraction of sp³-hybridized carbons (Fsp3) is 0.545. The number of amides is 1. The van der Waals surface area contributed by atoms with Crippen LogP contribution < -0.4 is 5.32 Å². The van der Waals surface area contributed by atoms with Gasteiger partial charge in [-0.25, -0.2) is 0 Å². The van der Waals surface area contributed by atoms with E-state index in [9.17, 15) is 4.79 Å². The van der Waals surface area contributed by atoms with Gasteiger partial charge < -0.3 is 5.32 Å². The largest absolute Gasteiger partial charge is 0.346 e. The lowest BCUT2D eigenvalue weighted by Crippen LogP contribution is -2.38. The first-order valence-electron chi connectivity index (χ1n) is 5.26. The third-order valence-corrected chi connectivity index (χ3v) is 3.91. The lowest BCUT2D eigenvalue weighted by molar-refractivity contribution is 0.0935. The average Bonchev–Trinajstić information content (AvgIpc) is 3.02. The van der Waals surface area contributed by atoms with Gasteiger partial charge in [0.15, 0.2) is 0 Å². The third kappa shape index (κ3) is 2.24. The maximum Gasteiger partial charge on any atom is 0.253 e. The van der Waals surface area contributed by atoms with E-state index >= 15 is 0 Å². The van der Waals surface area contributed by atoms with Crippen molar-refractivity contribution in [3.63, 3.8) is 0 Å².